The van der Waals surface area contributed by atoms with Gasteiger partial charge in [0.1, 0.15) is 5.82 Å². The largest absolute Gasteiger partial charge is 0.478 e. The molecule has 0 saturated carbocycles. The Morgan fingerprint density at radius 1 is 1.47 bits per heavy atom. The van der Waals surface area contributed by atoms with Gasteiger partial charge in [-0.05, 0) is 31.5 Å². The Morgan fingerprint density at radius 2 is 2.21 bits per heavy atom. The molecule has 1 atom stereocenters. The fourth-order valence-electron chi connectivity index (χ4n) is 2.25. The number of imidazole rings is 1. The van der Waals surface area contributed by atoms with E-state index in [9.17, 15) is 9.90 Å². The van der Waals surface area contributed by atoms with E-state index in [1.165, 1.54) is 0 Å². The highest BCUT2D eigenvalue weighted by atomic mass is 16.4. The number of fused-ring (bicyclic) bond motifs is 1. The molecule has 19 heavy (non-hydrogen) atoms. The smallest absolute Gasteiger partial charge is 0.335 e. The number of carbonyl (C=O) groups is 1. The van der Waals surface area contributed by atoms with Crippen LogP contribution >= 0.6 is 0 Å². The van der Waals surface area contributed by atoms with Crippen LogP contribution in [-0.4, -0.2) is 32.3 Å². The Hall–Kier alpha value is -1.88. The molecule has 0 saturated heterocycles. The first-order chi connectivity index (χ1) is 9.08. The van der Waals surface area contributed by atoms with Gasteiger partial charge in [-0.3, -0.25) is 0 Å². The van der Waals surface area contributed by atoms with Crippen LogP contribution in [0.25, 0.3) is 11.0 Å². The van der Waals surface area contributed by atoms with Crippen molar-refractivity contribution in [1.82, 2.24) is 9.55 Å². The Balaban J connectivity index is 2.66. The van der Waals surface area contributed by atoms with Crippen molar-refractivity contribution >= 4 is 17.0 Å². The van der Waals surface area contributed by atoms with E-state index in [1.807, 2.05) is 11.5 Å². The minimum absolute atomic E-state index is 0.000522. The zero-order chi connectivity index (χ0) is 14.0. The highest BCUT2D eigenvalue weighted by Crippen LogP contribution is 2.23. The summed E-state index contributed by atoms with van der Waals surface area (Å²) in [4.78, 5) is 15.6. The molecule has 0 radical (unpaired) electrons. The SMILES string of the molecule is CCCc1nc2ccc(C(=O)O)cc2n1C(C)CO. The van der Waals surface area contributed by atoms with Crippen LogP contribution < -0.4 is 0 Å². The zero-order valence-corrected chi connectivity index (χ0v) is 11.1. The quantitative estimate of drug-likeness (QED) is 0.866. The standard InChI is InChI=1S/C14H18N2O3/c1-3-4-13-15-11-6-5-10(14(18)19)7-12(11)16(13)9(2)8-17/h5-7,9,17H,3-4,8H2,1-2H3,(H,18,19). The van der Waals surface area contributed by atoms with Crippen molar-refractivity contribution in [1.29, 1.82) is 0 Å². The molecule has 0 amide bonds. The molecule has 2 rings (SSSR count). The lowest BCUT2D eigenvalue weighted by atomic mass is 10.2. The summed E-state index contributed by atoms with van der Waals surface area (Å²) in [5.74, 6) is -0.0649. The van der Waals surface area contributed by atoms with Crippen molar-refractivity contribution in [2.24, 2.45) is 0 Å². The second-order valence-electron chi connectivity index (χ2n) is 4.69. The first-order valence-corrected chi connectivity index (χ1v) is 6.43. The molecule has 5 nitrogen and oxygen atoms in total. The molecule has 1 unspecified atom stereocenters. The van der Waals surface area contributed by atoms with E-state index < -0.39 is 5.97 Å². The van der Waals surface area contributed by atoms with E-state index in [1.54, 1.807) is 18.2 Å². The van der Waals surface area contributed by atoms with Crippen LogP contribution in [0.4, 0.5) is 0 Å². The number of aliphatic hydroxyl groups is 1. The van der Waals surface area contributed by atoms with Crippen LogP contribution in [0.3, 0.4) is 0 Å². The molecule has 102 valence electrons. The Bertz CT molecular complexity index is 604. The Labute approximate surface area is 111 Å². The normalized spacial score (nSPS) is 12.8. The fraction of sp³-hybridized carbons (Fsp3) is 0.429. The summed E-state index contributed by atoms with van der Waals surface area (Å²) in [6.07, 6.45) is 1.76. The fourth-order valence-corrected chi connectivity index (χ4v) is 2.25. The number of nitrogens with zero attached hydrogens (tertiary/aromatic N) is 2. The number of aliphatic hydroxyl groups excluding tert-OH is 1. The summed E-state index contributed by atoms with van der Waals surface area (Å²) in [5.41, 5.74) is 1.78. The van der Waals surface area contributed by atoms with Crippen LogP contribution in [0.2, 0.25) is 0 Å². The van der Waals surface area contributed by atoms with E-state index >= 15 is 0 Å². The number of aromatic carboxylic acids is 1. The third kappa shape index (κ3) is 2.46. The van der Waals surface area contributed by atoms with Crippen LogP contribution in [0.1, 0.15) is 42.5 Å². The zero-order valence-electron chi connectivity index (χ0n) is 11.1. The average Bonchev–Trinajstić information content (AvgIpc) is 2.75. The van der Waals surface area contributed by atoms with Gasteiger partial charge in [-0.1, -0.05) is 6.92 Å². The second-order valence-corrected chi connectivity index (χ2v) is 4.69. The van der Waals surface area contributed by atoms with Gasteiger partial charge in [-0.2, -0.15) is 0 Å². The van der Waals surface area contributed by atoms with E-state index in [2.05, 4.69) is 11.9 Å². The van der Waals surface area contributed by atoms with Gasteiger partial charge in [-0.15, -0.1) is 0 Å². The highest BCUT2D eigenvalue weighted by molar-refractivity contribution is 5.92. The number of carboxylic acids is 1. The summed E-state index contributed by atoms with van der Waals surface area (Å²) in [6.45, 7) is 3.96. The van der Waals surface area contributed by atoms with Gasteiger partial charge in [0.2, 0.25) is 0 Å². The number of benzene rings is 1. The van der Waals surface area contributed by atoms with Gasteiger partial charge in [0, 0.05) is 6.42 Å². The average molecular weight is 262 g/mol. The number of aryl methyl sites for hydroxylation is 1. The maximum atomic E-state index is 11.0. The number of hydrogen-bond acceptors (Lipinski definition) is 3. The molecule has 2 aromatic rings. The monoisotopic (exact) mass is 262 g/mol. The van der Waals surface area contributed by atoms with E-state index in [0.29, 0.717) is 0 Å². The van der Waals surface area contributed by atoms with Crippen LogP contribution in [0.15, 0.2) is 18.2 Å². The van der Waals surface area contributed by atoms with Crippen molar-refractivity contribution in [3.05, 3.63) is 29.6 Å². The van der Waals surface area contributed by atoms with Gasteiger partial charge >= 0.3 is 5.97 Å². The van der Waals surface area contributed by atoms with Gasteiger partial charge < -0.3 is 14.8 Å². The molecule has 2 N–H and O–H groups in total. The lowest BCUT2D eigenvalue weighted by Crippen LogP contribution is -2.13. The maximum absolute atomic E-state index is 11.0. The summed E-state index contributed by atoms with van der Waals surface area (Å²) in [5, 5.41) is 18.4. The van der Waals surface area contributed by atoms with Crippen molar-refractivity contribution in [3.8, 4) is 0 Å². The predicted molar refractivity (Wildman–Crippen MR) is 72.5 cm³/mol. The summed E-state index contributed by atoms with van der Waals surface area (Å²) >= 11 is 0. The van der Waals surface area contributed by atoms with Crippen LogP contribution in [0.5, 0.6) is 0 Å². The second kappa shape index (κ2) is 5.40. The predicted octanol–water partition coefficient (Wildman–Crippen LogP) is 2.24. The lowest BCUT2D eigenvalue weighted by molar-refractivity contribution is 0.0697. The minimum atomic E-state index is -0.955. The first kappa shape index (κ1) is 13.5. The third-order valence-electron chi connectivity index (χ3n) is 3.19. The highest BCUT2D eigenvalue weighted by Gasteiger charge is 2.16. The molecule has 5 heteroatoms. The molecular formula is C14H18N2O3. The van der Waals surface area contributed by atoms with E-state index in [0.717, 1.165) is 29.7 Å². The number of hydrogen-bond donors (Lipinski definition) is 2. The molecule has 0 aliphatic rings. The van der Waals surface area contributed by atoms with Crippen LogP contribution in [-0.2, 0) is 6.42 Å². The van der Waals surface area contributed by atoms with Crippen LogP contribution in [0, 0.1) is 0 Å². The molecule has 0 spiro atoms. The number of rotatable bonds is 5. The van der Waals surface area contributed by atoms with Crippen molar-refractivity contribution in [2.75, 3.05) is 6.61 Å². The van der Waals surface area contributed by atoms with Crippen molar-refractivity contribution in [2.45, 2.75) is 32.7 Å². The Morgan fingerprint density at radius 3 is 2.79 bits per heavy atom. The van der Waals surface area contributed by atoms with E-state index in [-0.39, 0.29) is 18.2 Å². The maximum Gasteiger partial charge on any atom is 0.335 e. The molecule has 1 aromatic heterocycles. The van der Waals surface area contributed by atoms with Gasteiger partial charge in [0.25, 0.3) is 0 Å². The van der Waals surface area contributed by atoms with Crippen molar-refractivity contribution < 1.29 is 15.0 Å². The van der Waals surface area contributed by atoms with Gasteiger partial charge in [0.05, 0.1) is 29.2 Å². The molecule has 1 aromatic carbocycles. The molecular weight excluding hydrogens is 244 g/mol. The third-order valence-corrected chi connectivity index (χ3v) is 3.19. The molecule has 0 aliphatic carbocycles. The molecule has 0 fully saturated rings. The summed E-state index contributed by atoms with van der Waals surface area (Å²) in [6, 6.07) is 4.78. The van der Waals surface area contributed by atoms with E-state index in [4.69, 9.17) is 5.11 Å². The lowest BCUT2D eigenvalue weighted by Gasteiger charge is -2.15. The number of aromatic nitrogens is 2. The molecule has 0 aliphatic heterocycles. The summed E-state index contributed by atoms with van der Waals surface area (Å²) in [7, 11) is 0. The topological polar surface area (TPSA) is 75.3 Å². The summed E-state index contributed by atoms with van der Waals surface area (Å²) < 4.78 is 1.94. The minimum Gasteiger partial charge on any atom is -0.478 e. The first-order valence-electron chi connectivity index (χ1n) is 6.43. The Kier molecular flexibility index (Phi) is 3.85. The number of carboxylic acid groups (broad SMARTS) is 1. The van der Waals surface area contributed by atoms with Crippen molar-refractivity contribution in [3.63, 3.8) is 0 Å². The molecule has 0 bridgehead atoms. The molecule has 1 heterocycles. The van der Waals surface area contributed by atoms with Gasteiger partial charge in [0.15, 0.2) is 0 Å². The van der Waals surface area contributed by atoms with Gasteiger partial charge in [-0.25, -0.2) is 9.78 Å².